The quantitative estimate of drug-likeness (QED) is 0.510. The Labute approximate surface area is 221 Å². The van der Waals surface area contributed by atoms with E-state index >= 15 is 0 Å². The maximum Gasteiger partial charge on any atom is 0.240 e. The van der Waals surface area contributed by atoms with E-state index in [1.54, 1.807) is 43.3 Å². The molecule has 35 heavy (non-hydrogen) atoms. The minimum Gasteiger partial charge on any atom is -0.382 e. The second-order valence-electron chi connectivity index (χ2n) is 8.64. The lowest BCUT2D eigenvalue weighted by Gasteiger charge is -2.44. The van der Waals surface area contributed by atoms with Gasteiger partial charge in [0.05, 0.1) is 24.7 Å². The minimum absolute atomic E-state index is 0.119. The Hall–Kier alpha value is -1.87. The monoisotopic (exact) mass is 540 g/mol. The first-order valence-electron chi connectivity index (χ1n) is 11.4. The van der Waals surface area contributed by atoms with Crippen LogP contribution in [0.5, 0.6) is 0 Å². The zero-order valence-corrected chi connectivity index (χ0v) is 22.1. The molecule has 1 aliphatic heterocycles. The van der Waals surface area contributed by atoms with E-state index in [-0.39, 0.29) is 17.9 Å². The molecular weight excluding hydrogens is 511 g/mol. The molecule has 0 aliphatic carbocycles. The summed E-state index contributed by atoms with van der Waals surface area (Å²) in [4.78, 5) is 30.0. The predicted molar refractivity (Wildman–Crippen MR) is 140 cm³/mol. The summed E-state index contributed by atoms with van der Waals surface area (Å²) in [7, 11) is 3.21. The largest absolute Gasteiger partial charge is 0.382 e. The van der Waals surface area contributed by atoms with Crippen LogP contribution in [0.25, 0.3) is 0 Å². The number of nitrogens with one attached hydrogen (secondary N) is 1. The Morgan fingerprint density at radius 2 is 1.77 bits per heavy atom. The highest BCUT2D eigenvalue weighted by Crippen LogP contribution is 2.25. The van der Waals surface area contributed by atoms with Gasteiger partial charge in [-0.05, 0) is 48.2 Å². The topological polar surface area (TPSA) is 87.9 Å². The van der Waals surface area contributed by atoms with Gasteiger partial charge >= 0.3 is 0 Å². The van der Waals surface area contributed by atoms with Crippen molar-refractivity contribution in [3.05, 3.63) is 68.7 Å². The van der Waals surface area contributed by atoms with Gasteiger partial charge in [0.15, 0.2) is 0 Å². The van der Waals surface area contributed by atoms with Crippen molar-refractivity contribution in [1.82, 2.24) is 15.1 Å². The van der Waals surface area contributed by atoms with Gasteiger partial charge in [0.2, 0.25) is 11.8 Å². The number of halogens is 3. The Morgan fingerprint density at radius 1 is 1.09 bits per heavy atom. The van der Waals surface area contributed by atoms with Crippen molar-refractivity contribution < 1.29 is 14.3 Å². The fourth-order valence-electron chi connectivity index (χ4n) is 4.41. The number of likely N-dealkylation sites (N-methyl/N-ethyl adjacent to an activating group) is 1. The van der Waals surface area contributed by atoms with E-state index < -0.39 is 12.1 Å². The lowest BCUT2D eigenvalue weighted by atomic mass is 10.00. The highest BCUT2D eigenvalue weighted by atomic mass is 35.5. The van der Waals surface area contributed by atoms with Gasteiger partial charge in [0.25, 0.3) is 0 Å². The third-order valence-electron chi connectivity index (χ3n) is 6.26. The summed E-state index contributed by atoms with van der Waals surface area (Å²) < 4.78 is 5.43. The van der Waals surface area contributed by atoms with Gasteiger partial charge < -0.3 is 20.7 Å². The molecule has 3 unspecified atom stereocenters. The molecule has 0 aromatic heterocycles. The Kier molecular flexibility index (Phi) is 10.2. The second kappa shape index (κ2) is 12.9. The zero-order chi connectivity index (χ0) is 25.5. The molecule has 190 valence electrons. The average molecular weight is 542 g/mol. The molecule has 0 bridgehead atoms. The first-order valence-corrected chi connectivity index (χ1v) is 12.6. The number of methoxy groups -OCH3 is 1. The zero-order valence-electron chi connectivity index (χ0n) is 19.8. The van der Waals surface area contributed by atoms with Crippen molar-refractivity contribution in [2.45, 2.75) is 31.0 Å². The molecule has 3 atom stereocenters. The number of carbonyl (C=O) groups excluding carboxylic acids is 2. The molecule has 2 aromatic rings. The number of hydrogen-bond acceptors (Lipinski definition) is 5. The summed E-state index contributed by atoms with van der Waals surface area (Å²) in [5, 5.41) is 4.44. The van der Waals surface area contributed by atoms with Crippen molar-refractivity contribution in [2.75, 3.05) is 40.4 Å². The Bertz CT molecular complexity index is 1020. The van der Waals surface area contributed by atoms with Gasteiger partial charge in [-0.2, -0.15) is 0 Å². The number of nitrogens with zero attached hydrogens (tertiary/aromatic N) is 2. The van der Waals surface area contributed by atoms with Crippen LogP contribution in [0.2, 0.25) is 15.1 Å². The SMILES string of the molecule is CNC(=O)C(Cc1ccc(Cl)cc1Cl)N1CCN(C(=O)C(N)Cc2ccc(Cl)cc2)C(COC)C1. The van der Waals surface area contributed by atoms with Crippen molar-refractivity contribution >= 4 is 46.6 Å². The molecule has 1 fully saturated rings. The van der Waals surface area contributed by atoms with Crippen LogP contribution < -0.4 is 11.1 Å². The van der Waals surface area contributed by atoms with Crippen molar-refractivity contribution in [3.8, 4) is 0 Å². The van der Waals surface area contributed by atoms with E-state index in [1.807, 2.05) is 18.2 Å². The summed E-state index contributed by atoms with van der Waals surface area (Å²) in [5.74, 6) is -0.259. The predicted octanol–water partition coefficient (Wildman–Crippen LogP) is 3.03. The van der Waals surface area contributed by atoms with Crippen LogP contribution in [0, 0.1) is 0 Å². The van der Waals surface area contributed by atoms with E-state index in [0.717, 1.165) is 11.1 Å². The van der Waals surface area contributed by atoms with Crippen LogP contribution >= 0.6 is 34.8 Å². The number of carbonyl (C=O) groups is 2. The molecule has 1 heterocycles. The molecule has 2 amide bonds. The fraction of sp³-hybridized carbons (Fsp3) is 0.440. The molecule has 2 aromatic carbocycles. The molecule has 1 saturated heterocycles. The van der Waals surface area contributed by atoms with E-state index in [2.05, 4.69) is 10.2 Å². The van der Waals surface area contributed by atoms with Crippen LogP contribution in [0.1, 0.15) is 11.1 Å². The maximum absolute atomic E-state index is 13.3. The summed E-state index contributed by atoms with van der Waals surface area (Å²) in [5.41, 5.74) is 8.07. The summed E-state index contributed by atoms with van der Waals surface area (Å²) in [6.45, 7) is 1.75. The third kappa shape index (κ3) is 7.32. The summed E-state index contributed by atoms with van der Waals surface area (Å²) >= 11 is 18.4. The van der Waals surface area contributed by atoms with Crippen LogP contribution in [0.15, 0.2) is 42.5 Å². The molecule has 1 aliphatic rings. The van der Waals surface area contributed by atoms with Crippen LogP contribution in [-0.4, -0.2) is 80.1 Å². The number of amides is 2. The van der Waals surface area contributed by atoms with Crippen LogP contribution in [0.4, 0.5) is 0 Å². The van der Waals surface area contributed by atoms with E-state index in [9.17, 15) is 9.59 Å². The number of piperazine rings is 1. The van der Waals surface area contributed by atoms with Gasteiger partial charge in [-0.25, -0.2) is 0 Å². The molecule has 0 saturated carbocycles. The van der Waals surface area contributed by atoms with Crippen molar-refractivity contribution in [1.29, 1.82) is 0 Å². The van der Waals surface area contributed by atoms with Gasteiger partial charge in [-0.15, -0.1) is 0 Å². The average Bonchev–Trinajstić information content (AvgIpc) is 2.84. The molecule has 0 spiro atoms. The molecule has 3 N–H and O–H groups in total. The normalized spacial score (nSPS) is 18.2. The van der Waals surface area contributed by atoms with Crippen molar-refractivity contribution in [3.63, 3.8) is 0 Å². The molecule has 10 heteroatoms. The number of rotatable bonds is 9. The molecule has 7 nitrogen and oxygen atoms in total. The van der Waals surface area contributed by atoms with Gasteiger partial charge in [-0.3, -0.25) is 14.5 Å². The first kappa shape index (κ1) is 27.7. The molecular formula is C25H31Cl3N4O3. The lowest BCUT2D eigenvalue weighted by molar-refractivity contribution is -0.141. The highest BCUT2D eigenvalue weighted by Gasteiger charge is 2.37. The first-order chi connectivity index (χ1) is 16.7. The van der Waals surface area contributed by atoms with E-state index in [4.69, 9.17) is 45.3 Å². The second-order valence-corrected chi connectivity index (χ2v) is 9.92. The number of benzene rings is 2. The third-order valence-corrected chi connectivity index (χ3v) is 7.10. The van der Waals surface area contributed by atoms with Crippen molar-refractivity contribution in [2.24, 2.45) is 5.73 Å². The van der Waals surface area contributed by atoms with Gasteiger partial charge in [0, 0.05) is 48.9 Å². The smallest absolute Gasteiger partial charge is 0.240 e. The molecule has 3 rings (SSSR count). The minimum atomic E-state index is -0.690. The summed E-state index contributed by atoms with van der Waals surface area (Å²) in [6.07, 6.45) is 0.825. The van der Waals surface area contributed by atoms with Crippen LogP contribution in [-0.2, 0) is 27.2 Å². The fourth-order valence-corrected chi connectivity index (χ4v) is 5.02. The Balaban J connectivity index is 1.73. The van der Waals surface area contributed by atoms with Gasteiger partial charge in [-0.1, -0.05) is 53.0 Å². The summed E-state index contributed by atoms with van der Waals surface area (Å²) in [6, 6.07) is 11.2. The lowest BCUT2D eigenvalue weighted by Crippen LogP contribution is -2.63. The Morgan fingerprint density at radius 3 is 2.40 bits per heavy atom. The molecule has 0 radical (unpaired) electrons. The number of nitrogens with two attached hydrogens (primary N) is 1. The standard InChI is InChI=1S/C25H31Cl3N4O3/c1-30-24(33)23(12-17-5-8-19(27)13-21(17)28)31-9-10-32(20(14-31)15-35-2)25(34)22(29)11-16-3-6-18(26)7-4-16/h3-8,13,20,22-23H,9-12,14-15,29H2,1-2H3,(H,30,33). The van der Waals surface area contributed by atoms with E-state index in [0.29, 0.717) is 54.2 Å². The number of ether oxygens (including phenoxy) is 1. The van der Waals surface area contributed by atoms with Crippen LogP contribution in [0.3, 0.4) is 0 Å². The number of hydrogen-bond donors (Lipinski definition) is 2. The van der Waals surface area contributed by atoms with Gasteiger partial charge in [0.1, 0.15) is 0 Å². The maximum atomic E-state index is 13.3. The van der Waals surface area contributed by atoms with E-state index in [1.165, 1.54) is 0 Å². The highest BCUT2D eigenvalue weighted by molar-refractivity contribution is 6.35.